The molecule has 0 saturated carbocycles. The minimum Gasteiger partial charge on any atom is -0.349 e. The van der Waals surface area contributed by atoms with Crippen LogP contribution in [0.2, 0.25) is 10.0 Å². The van der Waals surface area contributed by atoms with Crippen LogP contribution in [0.1, 0.15) is 22.8 Å². The predicted molar refractivity (Wildman–Crippen MR) is 108 cm³/mol. The molecule has 5 nitrogen and oxygen atoms in total. The highest BCUT2D eigenvalue weighted by molar-refractivity contribution is 7.89. The summed E-state index contributed by atoms with van der Waals surface area (Å²) in [7, 11) is -3.77. The first-order valence-electron chi connectivity index (χ1n) is 8.01. The molecule has 0 saturated heterocycles. The van der Waals surface area contributed by atoms with Crippen LogP contribution in [0.25, 0.3) is 0 Å². The Labute approximate surface area is 169 Å². The second-order valence-corrected chi connectivity index (χ2v) is 8.48. The Morgan fingerprint density at radius 1 is 1.22 bits per heavy atom. The molecule has 2 rings (SSSR count). The van der Waals surface area contributed by atoms with E-state index < -0.39 is 10.0 Å². The lowest BCUT2D eigenvalue weighted by molar-refractivity contribution is 0.0940. The van der Waals surface area contributed by atoms with Crippen LogP contribution in [0, 0.1) is 12.3 Å². The summed E-state index contributed by atoms with van der Waals surface area (Å²) in [6.45, 7) is 1.70. The number of hydrogen-bond acceptors (Lipinski definition) is 3. The van der Waals surface area contributed by atoms with Crippen molar-refractivity contribution in [1.82, 2.24) is 10.0 Å². The van der Waals surface area contributed by atoms with Crippen molar-refractivity contribution in [2.24, 2.45) is 0 Å². The predicted octanol–water partition coefficient (Wildman–Crippen LogP) is 3.27. The SMILES string of the molecule is C#CCNS(=O)(=O)c1cccc(C(=O)NC(C)Cc2ccc(Cl)cc2Cl)c1. The number of hydrogen-bond donors (Lipinski definition) is 2. The highest BCUT2D eigenvalue weighted by Gasteiger charge is 2.17. The van der Waals surface area contributed by atoms with Crippen molar-refractivity contribution in [2.75, 3.05) is 6.54 Å². The smallest absolute Gasteiger partial charge is 0.251 e. The van der Waals surface area contributed by atoms with E-state index in [9.17, 15) is 13.2 Å². The molecule has 0 heterocycles. The molecule has 2 aromatic carbocycles. The Balaban J connectivity index is 2.09. The summed E-state index contributed by atoms with van der Waals surface area (Å²) in [6.07, 6.45) is 5.57. The molecular formula is C19H18Cl2N2O3S. The largest absolute Gasteiger partial charge is 0.349 e. The number of nitrogens with one attached hydrogen (secondary N) is 2. The van der Waals surface area contributed by atoms with Crippen molar-refractivity contribution >= 4 is 39.1 Å². The molecule has 2 N–H and O–H groups in total. The van der Waals surface area contributed by atoms with Gasteiger partial charge in [-0.25, -0.2) is 8.42 Å². The van der Waals surface area contributed by atoms with Crippen molar-refractivity contribution in [3.8, 4) is 12.3 Å². The fourth-order valence-corrected chi connectivity index (χ4v) is 3.87. The maximum Gasteiger partial charge on any atom is 0.251 e. The molecule has 2 aromatic rings. The average Bonchev–Trinajstić information content (AvgIpc) is 2.62. The van der Waals surface area contributed by atoms with Crippen LogP contribution in [0.5, 0.6) is 0 Å². The van der Waals surface area contributed by atoms with Crippen LogP contribution < -0.4 is 10.0 Å². The topological polar surface area (TPSA) is 75.3 Å². The normalized spacial score (nSPS) is 12.2. The van der Waals surface area contributed by atoms with E-state index in [1.165, 1.54) is 24.3 Å². The first-order chi connectivity index (χ1) is 12.7. The van der Waals surface area contributed by atoms with Gasteiger partial charge in [0.15, 0.2) is 0 Å². The van der Waals surface area contributed by atoms with Crippen LogP contribution in [-0.4, -0.2) is 26.9 Å². The zero-order chi connectivity index (χ0) is 20.0. The lowest BCUT2D eigenvalue weighted by Gasteiger charge is -2.15. The van der Waals surface area contributed by atoms with E-state index >= 15 is 0 Å². The Hall–Kier alpha value is -2.04. The van der Waals surface area contributed by atoms with Gasteiger partial charge in [-0.3, -0.25) is 4.79 Å². The van der Waals surface area contributed by atoms with E-state index in [0.29, 0.717) is 16.5 Å². The van der Waals surface area contributed by atoms with Crippen molar-refractivity contribution in [3.63, 3.8) is 0 Å². The maximum atomic E-state index is 12.5. The number of carbonyl (C=O) groups is 1. The first-order valence-corrected chi connectivity index (χ1v) is 10.2. The third-order valence-corrected chi connectivity index (χ3v) is 5.68. The van der Waals surface area contributed by atoms with Gasteiger partial charge in [-0.1, -0.05) is 41.3 Å². The summed E-state index contributed by atoms with van der Waals surface area (Å²) in [5.74, 6) is 1.81. The fourth-order valence-electron chi connectivity index (χ4n) is 2.40. The summed E-state index contributed by atoms with van der Waals surface area (Å²) in [5, 5.41) is 3.89. The zero-order valence-electron chi connectivity index (χ0n) is 14.5. The molecule has 0 aliphatic rings. The summed E-state index contributed by atoms with van der Waals surface area (Å²) < 4.78 is 26.5. The van der Waals surface area contributed by atoms with Crippen molar-refractivity contribution in [1.29, 1.82) is 0 Å². The van der Waals surface area contributed by atoms with Crippen LogP contribution >= 0.6 is 23.2 Å². The van der Waals surface area contributed by atoms with E-state index in [1.807, 2.05) is 6.92 Å². The molecule has 27 heavy (non-hydrogen) atoms. The van der Waals surface area contributed by atoms with E-state index in [4.69, 9.17) is 29.6 Å². The van der Waals surface area contributed by atoms with Crippen LogP contribution in [0.4, 0.5) is 0 Å². The lowest BCUT2D eigenvalue weighted by atomic mass is 10.1. The maximum absolute atomic E-state index is 12.5. The zero-order valence-corrected chi connectivity index (χ0v) is 16.8. The summed E-state index contributed by atoms with van der Waals surface area (Å²) >= 11 is 12.0. The molecule has 142 valence electrons. The molecular weight excluding hydrogens is 407 g/mol. The Kier molecular flexibility index (Phi) is 7.28. The average molecular weight is 425 g/mol. The molecule has 1 amide bonds. The number of sulfonamides is 1. The van der Waals surface area contributed by atoms with Gasteiger partial charge < -0.3 is 5.32 Å². The molecule has 0 spiro atoms. The number of rotatable bonds is 7. The summed E-state index contributed by atoms with van der Waals surface area (Å²) in [5.41, 5.74) is 1.08. The number of terminal acetylenes is 1. The van der Waals surface area contributed by atoms with Crippen LogP contribution in [0.15, 0.2) is 47.4 Å². The van der Waals surface area contributed by atoms with Crippen LogP contribution in [-0.2, 0) is 16.4 Å². The monoisotopic (exact) mass is 424 g/mol. The number of benzene rings is 2. The molecule has 0 aliphatic heterocycles. The quantitative estimate of drug-likeness (QED) is 0.669. The number of amides is 1. The van der Waals surface area contributed by atoms with Crippen LogP contribution in [0.3, 0.4) is 0 Å². The highest BCUT2D eigenvalue weighted by atomic mass is 35.5. The highest BCUT2D eigenvalue weighted by Crippen LogP contribution is 2.22. The van der Waals surface area contributed by atoms with Gasteiger partial charge in [0, 0.05) is 21.7 Å². The van der Waals surface area contributed by atoms with E-state index in [0.717, 1.165) is 5.56 Å². The summed E-state index contributed by atoms with van der Waals surface area (Å²) in [6, 6.07) is 10.7. The Morgan fingerprint density at radius 3 is 2.63 bits per heavy atom. The lowest BCUT2D eigenvalue weighted by Crippen LogP contribution is -2.34. The molecule has 1 atom stereocenters. The van der Waals surface area contributed by atoms with Gasteiger partial charge in [-0.05, 0) is 49.2 Å². The minimum atomic E-state index is -3.77. The van der Waals surface area contributed by atoms with Gasteiger partial charge in [0.05, 0.1) is 11.4 Å². The van der Waals surface area contributed by atoms with E-state index in [1.54, 1.807) is 18.2 Å². The molecule has 0 aliphatic carbocycles. The Bertz CT molecular complexity index is 985. The van der Waals surface area contributed by atoms with Gasteiger partial charge in [0.25, 0.3) is 5.91 Å². The van der Waals surface area contributed by atoms with Gasteiger partial charge in [0.1, 0.15) is 0 Å². The third-order valence-electron chi connectivity index (χ3n) is 3.69. The third kappa shape index (κ3) is 5.98. The molecule has 1 unspecified atom stereocenters. The molecule has 0 radical (unpaired) electrons. The minimum absolute atomic E-state index is 0.0289. The summed E-state index contributed by atoms with van der Waals surface area (Å²) in [4.78, 5) is 12.4. The Morgan fingerprint density at radius 2 is 1.96 bits per heavy atom. The molecule has 8 heteroatoms. The van der Waals surface area contributed by atoms with Gasteiger partial charge in [-0.15, -0.1) is 6.42 Å². The number of halogens is 2. The van der Waals surface area contributed by atoms with Gasteiger partial charge in [-0.2, -0.15) is 4.72 Å². The second-order valence-electron chi connectivity index (χ2n) is 5.87. The van der Waals surface area contributed by atoms with E-state index in [-0.39, 0.29) is 29.0 Å². The van der Waals surface area contributed by atoms with Crippen molar-refractivity contribution < 1.29 is 13.2 Å². The second kappa shape index (κ2) is 9.25. The van der Waals surface area contributed by atoms with Gasteiger partial charge >= 0.3 is 0 Å². The fraction of sp³-hybridized carbons (Fsp3) is 0.211. The molecule has 0 fully saturated rings. The molecule has 0 bridgehead atoms. The first kappa shape index (κ1) is 21.3. The van der Waals surface area contributed by atoms with Gasteiger partial charge in [0.2, 0.25) is 10.0 Å². The van der Waals surface area contributed by atoms with E-state index in [2.05, 4.69) is 16.0 Å². The number of carbonyl (C=O) groups excluding carboxylic acids is 1. The van der Waals surface area contributed by atoms with Crippen molar-refractivity contribution in [2.45, 2.75) is 24.3 Å². The molecule has 0 aromatic heterocycles. The standard InChI is InChI=1S/C19H18Cl2N2O3S/c1-3-9-22-27(25,26)17-6-4-5-15(11-17)19(24)23-13(2)10-14-7-8-16(20)12-18(14)21/h1,4-8,11-13,22H,9-10H2,2H3,(H,23,24). The van der Waals surface area contributed by atoms with Crippen molar-refractivity contribution in [3.05, 3.63) is 63.6 Å².